The third-order valence-corrected chi connectivity index (χ3v) is 6.16. The Balaban J connectivity index is 1.57. The Bertz CT molecular complexity index is 1260. The summed E-state index contributed by atoms with van der Waals surface area (Å²) in [4.78, 5) is 9.38. The first kappa shape index (κ1) is 20.0. The van der Waals surface area contributed by atoms with Crippen LogP contribution in [0.15, 0.2) is 54.9 Å². The first-order chi connectivity index (χ1) is 15.0. The van der Waals surface area contributed by atoms with Crippen LogP contribution in [0, 0.1) is 12.7 Å². The number of hydrogen-bond acceptors (Lipinski definition) is 4. The summed E-state index contributed by atoms with van der Waals surface area (Å²) in [6, 6.07) is 13.0. The molecule has 1 saturated heterocycles. The Labute approximate surface area is 185 Å². The highest BCUT2D eigenvalue weighted by Crippen LogP contribution is 2.32. The van der Waals surface area contributed by atoms with E-state index in [-0.39, 0.29) is 5.82 Å². The van der Waals surface area contributed by atoms with Crippen molar-refractivity contribution in [3.8, 4) is 22.3 Å². The van der Waals surface area contributed by atoms with Crippen molar-refractivity contribution in [1.29, 1.82) is 0 Å². The van der Waals surface area contributed by atoms with Gasteiger partial charge >= 0.3 is 0 Å². The molecule has 4 aromatic rings. The topological polar surface area (TPSA) is 36.7 Å². The number of aromatic nitrogens is 3. The number of likely N-dealkylation sites (N-methyl/N-ethyl adjacent to an activating group) is 1. The van der Waals surface area contributed by atoms with E-state index in [1.54, 1.807) is 16.8 Å². The smallest absolute Gasteiger partial charge is 0.163 e. The van der Waals surface area contributed by atoms with Crippen molar-refractivity contribution in [3.05, 3.63) is 71.4 Å². The minimum atomic E-state index is -0.272. The Kier molecular flexibility index (Phi) is 5.12. The second kappa shape index (κ2) is 7.94. The van der Waals surface area contributed by atoms with Gasteiger partial charge in [0.2, 0.25) is 0 Å². The maximum absolute atomic E-state index is 14.9. The van der Waals surface area contributed by atoms with Crippen LogP contribution in [0.25, 0.3) is 27.9 Å². The third-order valence-electron chi connectivity index (χ3n) is 5.93. The summed E-state index contributed by atoms with van der Waals surface area (Å²) >= 11 is 6.16. The molecule has 2 aromatic carbocycles. The Morgan fingerprint density at radius 2 is 1.77 bits per heavy atom. The van der Waals surface area contributed by atoms with Gasteiger partial charge in [-0.25, -0.2) is 13.9 Å². The molecule has 0 N–H and O–H groups in total. The van der Waals surface area contributed by atoms with Crippen molar-refractivity contribution < 1.29 is 4.39 Å². The Morgan fingerprint density at radius 3 is 2.55 bits per heavy atom. The van der Waals surface area contributed by atoms with Crippen LogP contribution in [0.1, 0.15) is 5.69 Å². The molecule has 7 heteroatoms. The molecule has 0 bridgehead atoms. The van der Waals surface area contributed by atoms with Crippen molar-refractivity contribution >= 4 is 22.9 Å². The van der Waals surface area contributed by atoms with Gasteiger partial charge in [0.05, 0.1) is 6.20 Å². The summed E-state index contributed by atoms with van der Waals surface area (Å²) in [5.74, 6) is -0.272. The largest absolute Gasteiger partial charge is 0.369 e. The molecule has 1 fully saturated rings. The zero-order valence-electron chi connectivity index (χ0n) is 17.5. The Morgan fingerprint density at radius 1 is 0.968 bits per heavy atom. The summed E-state index contributed by atoms with van der Waals surface area (Å²) < 4.78 is 16.6. The number of hydrogen-bond donors (Lipinski definition) is 0. The fourth-order valence-corrected chi connectivity index (χ4v) is 4.30. The van der Waals surface area contributed by atoms with Crippen molar-refractivity contribution in [2.75, 3.05) is 38.1 Å². The van der Waals surface area contributed by atoms with Gasteiger partial charge in [-0.3, -0.25) is 0 Å². The van der Waals surface area contributed by atoms with Crippen LogP contribution >= 0.6 is 11.6 Å². The number of rotatable bonds is 3. The van der Waals surface area contributed by atoms with E-state index in [0.29, 0.717) is 21.8 Å². The lowest BCUT2D eigenvalue weighted by atomic mass is 10.0. The lowest BCUT2D eigenvalue weighted by molar-refractivity contribution is 0.313. The summed E-state index contributed by atoms with van der Waals surface area (Å²) in [7, 11) is 2.12. The van der Waals surface area contributed by atoms with E-state index >= 15 is 0 Å². The highest BCUT2D eigenvalue weighted by atomic mass is 35.5. The van der Waals surface area contributed by atoms with Gasteiger partial charge in [-0.1, -0.05) is 23.7 Å². The van der Waals surface area contributed by atoms with Gasteiger partial charge in [0.15, 0.2) is 5.65 Å². The normalized spacial score (nSPS) is 15.0. The molecule has 1 aliphatic rings. The molecule has 0 unspecified atom stereocenters. The zero-order chi connectivity index (χ0) is 21.5. The quantitative estimate of drug-likeness (QED) is 0.458. The van der Waals surface area contributed by atoms with E-state index < -0.39 is 0 Å². The van der Waals surface area contributed by atoms with Crippen LogP contribution in [0.3, 0.4) is 0 Å². The fourth-order valence-electron chi connectivity index (χ4n) is 4.11. The van der Waals surface area contributed by atoms with Gasteiger partial charge in [-0.05, 0) is 49.9 Å². The summed E-state index contributed by atoms with van der Waals surface area (Å²) in [5.41, 5.74) is 5.63. The SMILES string of the molecule is Cc1nc2c(-c3cc(N4CCN(C)CC4)ccc3F)cnn2cc1-c1cccc(Cl)c1. The van der Waals surface area contributed by atoms with E-state index in [0.717, 1.165) is 48.7 Å². The molecular formula is C24H23ClFN5. The van der Waals surface area contributed by atoms with Crippen LogP contribution in [-0.4, -0.2) is 52.7 Å². The molecule has 0 amide bonds. The lowest BCUT2D eigenvalue weighted by Crippen LogP contribution is -2.44. The number of halogens is 2. The molecule has 0 saturated carbocycles. The zero-order valence-corrected chi connectivity index (χ0v) is 18.3. The molecule has 31 heavy (non-hydrogen) atoms. The molecule has 1 aliphatic heterocycles. The van der Waals surface area contributed by atoms with Crippen LogP contribution in [0.4, 0.5) is 10.1 Å². The van der Waals surface area contributed by atoms with Crippen molar-refractivity contribution in [3.63, 3.8) is 0 Å². The van der Waals surface area contributed by atoms with Crippen LogP contribution in [0.2, 0.25) is 5.02 Å². The molecular weight excluding hydrogens is 413 g/mol. The molecule has 0 atom stereocenters. The van der Waals surface area contributed by atoms with E-state index in [1.165, 1.54) is 0 Å². The monoisotopic (exact) mass is 435 g/mol. The summed E-state index contributed by atoms with van der Waals surface area (Å²) in [6.07, 6.45) is 3.62. The van der Waals surface area contributed by atoms with Crippen molar-refractivity contribution in [2.24, 2.45) is 0 Å². The first-order valence-electron chi connectivity index (χ1n) is 10.3. The maximum atomic E-state index is 14.9. The van der Waals surface area contributed by atoms with Gasteiger partial charge in [0.25, 0.3) is 0 Å². The number of nitrogens with zero attached hydrogens (tertiary/aromatic N) is 5. The minimum Gasteiger partial charge on any atom is -0.369 e. The third kappa shape index (κ3) is 3.77. The van der Waals surface area contributed by atoms with Crippen molar-refractivity contribution in [1.82, 2.24) is 19.5 Å². The number of piperazine rings is 1. The molecule has 0 aliphatic carbocycles. The molecule has 3 heterocycles. The van der Waals surface area contributed by atoms with Crippen LogP contribution < -0.4 is 4.90 Å². The molecule has 5 nitrogen and oxygen atoms in total. The van der Waals surface area contributed by atoms with Gasteiger partial charge < -0.3 is 9.80 Å². The van der Waals surface area contributed by atoms with E-state index in [2.05, 4.69) is 21.9 Å². The van der Waals surface area contributed by atoms with Crippen LogP contribution in [0.5, 0.6) is 0 Å². The van der Waals surface area contributed by atoms with Gasteiger partial charge in [0.1, 0.15) is 5.82 Å². The predicted octanol–water partition coefficient (Wildman–Crippen LogP) is 4.92. The standard InChI is InChI=1S/C24H23ClFN5/c1-16-22(17-4-3-5-18(25)12-17)15-31-24(28-16)21(14-27-31)20-13-19(6-7-23(20)26)30-10-8-29(2)9-11-30/h3-7,12-15H,8-11H2,1-2H3. The molecule has 5 rings (SSSR count). The molecule has 0 radical (unpaired) electrons. The maximum Gasteiger partial charge on any atom is 0.163 e. The molecule has 0 spiro atoms. The number of anilines is 1. The average Bonchev–Trinajstić information content (AvgIpc) is 3.16. The highest BCUT2D eigenvalue weighted by Gasteiger charge is 2.19. The van der Waals surface area contributed by atoms with Gasteiger partial charge in [-0.2, -0.15) is 5.10 Å². The average molecular weight is 436 g/mol. The fraction of sp³-hybridized carbons (Fsp3) is 0.250. The number of fused-ring (bicyclic) bond motifs is 1. The number of aryl methyl sites for hydroxylation is 1. The second-order valence-electron chi connectivity index (χ2n) is 8.03. The second-order valence-corrected chi connectivity index (χ2v) is 8.47. The molecule has 2 aromatic heterocycles. The summed E-state index contributed by atoms with van der Waals surface area (Å²) in [6.45, 7) is 5.80. The number of benzene rings is 2. The predicted molar refractivity (Wildman–Crippen MR) is 123 cm³/mol. The Hall–Kier alpha value is -2.96. The van der Waals surface area contributed by atoms with Gasteiger partial charge in [-0.15, -0.1) is 0 Å². The van der Waals surface area contributed by atoms with E-state index in [9.17, 15) is 4.39 Å². The van der Waals surface area contributed by atoms with Crippen molar-refractivity contribution in [2.45, 2.75) is 6.92 Å². The first-order valence-corrected chi connectivity index (χ1v) is 10.7. The highest BCUT2D eigenvalue weighted by molar-refractivity contribution is 6.30. The van der Waals surface area contributed by atoms with E-state index in [4.69, 9.17) is 16.6 Å². The van der Waals surface area contributed by atoms with Crippen LogP contribution in [-0.2, 0) is 0 Å². The van der Waals surface area contributed by atoms with E-state index in [1.807, 2.05) is 49.5 Å². The molecule has 158 valence electrons. The lowest BCUT2D eigenvalue weighted by Gasteiger charge is -2.34. The summed E-state index contributed by atoms with van der Waals surface area (Å²) in [5, 5.41) is 5.14. The van der Waals surface area contributed by atoms with Gasteiger partial charge in [0, 0.05) is 65.5 Å². The minimum absolute atomic E-state index is 0.272.